The summed E-state index contributed by atoms with van der Waals surface area (Å²) in [6, 6.07) is 2.26. The number of carbonyl (C=O) groups is 2. The van der Waals surface area contributed by atoms with Gasteiger partial charge in [-0.2, -0.15) is 5.26 Å². The molecule has 21 heavy (non-hydrogen) atoms. The highest BCUT2D eigenvalue weighted by molar-refractivity contribution is 5.86. The lowest BCUT2D eigenvalue weighted by Gasteiger charge is -2.30. The van der Waals surface area contributed by atoms with E-state index in [0.717, 1.165) is 12.8 Å². The fourth-order valence-electron chi connectivity index (χ4n) is 3.25. The fraction of sp³-hybridized carbons (Fsp3) is 0.812. The van der Waals surface area contributed by atoms with Gasteiger partial charge in [-0.1, -0.05) is 33.6 Å². The Kier molecular flexibility index (Phi) is 6.19. The Labute approximate surface area is 127 Å². The Hall–Kier alpha value is -1.57. The van der Waals surface area contributed by atoms with Gasteiger partial charge in [0.05, 0.1) is 19.1 Å². The van der Waals surface area contributed by atoms with Gasteiger partial charge in [0.2, 0.25) is 5.91 Å². The van der Waals surface area contributed by atoms with Crippen LogP contribution >= 0.6 is 0 Å². The highest BCUT2D eigenvalue weighted by atomic mass is 16.5. The molecule has 1 heterocycles. The van der Waals surface area contributed by atoms with Gasteiger partial charge in [0.25, 0.3) is 0 Å². The third kappa shape index (κ3) is 3.55. The molecule has 2 atom stereocenters. The van der Waals surface area contributed by atoms with Crippen LogP contribution in [0.25, 0.3) is 0 Å². The molecule has 0 aromatic heterocycles. The van der Waals surface area contributed by atoms with E-state index in [1.807, 2.05) is 20.8 Å². The van der Waals surface area contributed by atoms with Crippen molar-refractivity contribution in [2.24, 2.45) is 17.3 Å². The van der Waals surface area contributed by atoms with Crippen molar-refractivity contribution in [3.8, 4) is 6.07 Å². The van der Waals surface area contributed by atoms with E-state index in [9.17, 15) is 14.9 Å². The van der Waals surface area contributed by atoms with Crippen LogP contribution in [0.15, 0.2) is 0 Å². The molecule has 2 unspecified atom stereocenters. The summed E-state index contributed by atoms with van der Waals surface area (Å²) in [5, 5.41) is 9.57. The van der Waals surface area contributed by atoms with Crippen molar-refractivity contribution in [3.05, 3.63) is 0 Å². The van der Waals surface area contributed by atoms with E-state index in [1.165, 1.54) is 7.11 Å². The molecule has 118 valence electrons. The molecule has 1 aliphatic heterocycles. The van der Waals surface area contributed by atoms with Crippen LogP contribution in [-0.4, -0.2) is 37.0 Å². The van der Waals surface area contributed by atoms with E-state index < -0.39 is 5.41 Å². The Bertz CT molecular complexity index is 422. The van der Waals surface area contributed by atoms with Crippen LogP contribution in [0, 0.1) is 28.6 Å². The molecule has 0 saturated carbocycles. The number of likely N-dealkylation sites (tertiary alicyclic amines) is 1. The van der Waals surface area contributed by atoms with E-state index in [-0.39, 0.29) is 23.7 Å². The molecule has 0 aromatic rings. The van der Waals surface area contributed by atoms with Crippen molar-refractivity contribution >= 4 is 11.9 Å². The normalized spacial score (nSPS) is 22.0. The van der Waals surface area contributed by atoms with Gasteiger partial charge in [0.15, 0.2) is 0 Å². The lowest BCUT2D eigenvalue weighted by atomic mass is 9.79. The first-order chi connectivity index (χ1) is 9.95. The Balaban J connectivity index is 2.91. The molecule has 1 saturated heterocycles. The van der Waals surface area contributed by atoms with E-state index in [1.54, 1.807) is 4.90 Å². The van der Waals surface area contributed by atoms with Gasteiger partial charge in [0, 0.05) is 13.1 Å². The minimum Gasteiger partial charge on any atom is -0.469 e. The quantitative estimate of drug-likeness (QED) is 0.705. The SMILES string of the molecule is CCCC(C#N)(CCC)C(=O)N1CC(C)C(C(=O)OC)C1. The zero-order valence-electron chi connectivity index (χ0n) is 13.5. The minimum atomic E-state index is -0.936. The number of hydrogen-bond donors (Lipinski definition) is 0. The molecular formula is C16H26N2O3. The molecule has 1 rings (SSSR count). The van der Waals surface area contributed by atoms with E-state index >= 15 is 0 Å². The summed E-state index contributed by atoms with van der Waals surface area (Å²) >= 11 is 0. The second-order valence-electron chi connectivity index (χ2n) is 6.01. The average Bonchev–Trinajstić information content (AvgIpc) is 2.87. The van der Waals surface area contributed by atoms with E-state index in [0.29, 0.717) is 25.9 Å². The molecule has 0 aromatic carbocycles. The van der Waals surface area contributed by atoms with Crippen LogP contribution in [0.1, 0.15) is 46.5 Å². The summed E-state index contributed by atoms with van der Waals surface area (Å²) in [6.45, 7) is 6.80. The van der Waals surface area contributed by atoms with Gasteiger partial charge >= 0.3 is 5.97 Å². The minimum absolute atomic E-state index is 0.0704. The first-order valence-corrected chi connectivity index (χ1v) is 7.74. The first kappa shape index (κ1) is 17.5. The second kappa shape index (κ2) is 7.44. The average molecular weight is 294 g/mol. The van der Waals surface area contributed by atoms with Crippen LogP contribution in [-0.2, 0) is 14.3 Å². The molecule has 1 fully saturated rings. The lowest BCUT2D eigenvalue weighted by Crippen LogP contribution is -2.42. The number of ether oxygens (including phenoxy) is 1. The van der Waals surface area contributed by atoms with Crippen LogP contribution in [0.5, 0.6) is 0 Å². The predicted molar refractivity (Wildman–Crippen MR) is 79.1 cm³/mol. The summed E-state index contributed by atoms with van der Waals surface area (Å²) in [6.07, 6.45) is 2.74. The van der Waals surface area contributed by atoms with Crippen molar-refractivity contribution in [3.63, 3.8) is 0 Å². The molecule has 1 aliphatic rings. The summed E-state index contributed by atoms with van der Waals surface area (Å²) < 4.78 is 4.80. The third-order valence-corrected chi connectivity index (χ3v) is 4.38. The lowest BCUT2D eigenvalue weighted by molar-refractivity contribution is -0.146. The largest absolute Gasteiger partial charge is 0.469 e. The molecule has 0 N–H and O–H groups in total. The van der Waals surface area contributed by atoms with Gasteiger partial charge in [-0.15, -0.1) is 0 Å². The van der Waals surface area contributed by atoms with Gasteiger partial charge in [-0.3, -0.25) is 9.59 Å². The van der Waals surface area contributed by atoms with Crippen molar-refractivity contribution in [1.82, 2.24) is 4.90 Å². The van der Waals surface area contributed by atoms with Crippen LogP contribution < -0.4 is 0 Å². The predicted octanol–water partition coefficient (Wildman–Crippen LogP) is 2.36. The van der Waals surface area contributed by atoms with E-state index in [2.05, 4.69) is 6.07 Å². The smallest absolute Gasteiger partial charge is 0.310 e. The van der Waals surface area contributed by atoms with Crippen molar-refractivity contribution in [2.75, 3.05) is 20.2 Å². The molecular weight excluding hydrogens is 268 g/mol. The van der Waals surface area contributed by atoms with Crippen molar-refractivity contribution in [1.29, 1.82) is 5.26 Å². The number of methoxy groups -OCH3 is 1. The van der Waals surface area contributed by atoms with Crippen LogP contribution in [0.3, 0.4) is 0 Å². The topological polar surface area (TPSA) is 70.4 Å². The summed E-state index contributed by atoms with van der Waals surface area (Å²) in [5.74, 6) is -0.599. The number of nitrogens with zero attached hydrogens (tertiary/aromatic N) is 2. The van der Waals surface area contributed by atoms with Crippen molar-refractivity contribution in [2.45, 2.75) is 46.5 Å². The second-order valence-corrected chi connectivity index (χ2v) is 6.01. The molecule has 0 spiro atoms. The number of nitriles is 1. The Morgan fingerprint density at radius 2 is 1.86 bits per heavy atom. The van der Waals surface area contributed by atoms with E-state index in [4.69, 9.17) is 4.74 Å². The first-order valence-electron chi connectivity index (χ1n) is 7.74. The van der Waals surface area contributed by atoms with Crippen LogP contribution in [0.4, 0.5) is 0 Å². The maximum Gasteiger partial charge on any atom is 0.310 e. The molecule has 0 bridgehead atoms. The number of rotatable bonds is 6. The van der Waals surface area contributed by atoms with Gasteiger partial charge < -0.3 is 9.64 Å². The summed E-state index contributed by atoms with van der Waals surface area (Å²) in [7, 11) is 1.37. The molecule has 5 heteroatoms. The monoisotopic (exact) mass is 294 g/mol. The highest BCUT2D eigenvalue weighted by Crippen LogP contribution is 2.35. The Morgan fingerprint density at radius 3 is 2.29 bits per heavy atom. The highest BCUT2D eigenvalue weighted by Gasteiger charge is 2.45. The molecule has 0 aliphatic carbocycles. The summed E-state index contributed by atoms with van der Waals surface area (Å²) in [5.41, 5.74) is -0.936. The van der Waals surface area contributed by atoms with Crippen molar-refractivity contribution < 1.29 is 14.3 Å². The molecule has 1 amide bonds. The molecule has 5 nitrogen and oxygen atoms in total. The maximum absolute atomic E-state index is 12.8. The zero-order chi connectivity index (χ0) is 16.0. The number of esters is 1. The maximum atomic E-state index is 12.8. The zero-order valence-corrected chi connectivity index (χ0v) is 13.5. The Morgan fingerprint density at radius 1 is 1.29 bits per heavy atom. The fourth-order valence-corrected chi connectivity index (χ4v) is 3.25. The van der Waals surface area contributed by atoms with Gasteiger partial charge in [0.1, 0.15) is 5.41 Å². The van der Waals surface area contributed by atoms with Crippen LogP contribution in [0.2, 0.25) is 0 Å². The van der Waals surface area contributed by atoms with Gasteiger partial charge in [-0.25, -0.2) is 0 Å². The summed E-state index contributed by atoms with van der Waals surface area (Å²) in [4.78, 5) is 26.3. The third-order valence-electron chi connectivity index (χ3n) is 4.38. The number of carbonyl (C=O) groups excluding carboxylic acids is 2. The van der Waals surface area contributed by atoms with Gasteiger partial charge in [-0.05, 0) is 18.8 Å². The number of hydrogen-bond acceptors (Lipinski definition) is 4. The molecule has 0 radical (unpaired) electrons. The standard InChI is InChI=1S/C16H26N2O3/c1-5-7-16(11-17,8-6-2)15(20)18-9-12(3)13(10-18)14(19)21-4/h12-13H,5-10H2,1-4H3. The number of amides is 1.